The zero-order valence-electron chi connectivity index (χ0n) is 12.3. The fourth-order valence-corrected chi connectivity index (χ4v) is 2.14. The standard InChI is InChI=1S/C16H18N4O/c1-12-10-13(2)20(19-12)9-3-4-16(21)18-15-7-5-14(11-17)6-8-15/h5-8,10H,3-4,9H2,1-2H3,(H,18,21). The van der Waals surface area contributed by atoms with E-state index in [1.807, 2.05) is 30.7 Å². The Balaban J connectivity index is 1.79. The Morgan fingerprint density at radius 3 is 2.62 bits per heavy atom. The van der Waals surface area contributed by atoms with Gasteiger partial charge in [0.15, 0.2) is 0 Å². The van der Waals surface area contributed by atoms with Crippen LogP contribution in [0.2, 0.25) is 0 Å². The first-order chi connectivity index (χ1) is 10.1. The molecule has 1 N–H and O–H groups in total. The highest BCUT2D eigenvalue weighted by molar-refractivity contribution is 5.90. The number of aryl methyl sites for hydroxylation is 3. The van der Waals surface area contributed by atoms with Crippen molar-refractivity contribution in [3.05, 3.63) is 47.3 Å². The van der Waals surface area contributed by atoms with Crippen LogP contribution in [0.3, 0.4) is 0 Å². The van der Waals surface area contributed by atoms with Gasteiger partial charge in [0.2, 0.25) is 5.91 Å². The van der Waals surface area contributed by atoms with Crippen LogP contribution >= 0.6 is 0 Å². The minimum Gasteiger partial charge on any atom is -0.326 e. The topological polar surface area (TPSA) is 70.7 Å². The zero-order chi connectivity index (χ0) is 15.2. The highest BCUT2D eigenvalue weighted by Gasteiger charge is 2.05. The highest BCUT2D eigenvalue weighted by atomic mass is 16.1. The fourth-order valence-electron chi connectivity index (χ4n) is 2.14. The number of benzene rings is 1. The second kappa shape index (κ2) is 6.71. The maximum absolute atomic E-state index is 11.8. The predicted octanol–water partition coefficient (Wildman–Crippen LogP) is 2.79. The average Bonchev–Trinajstić information content (AvgIpc) is 2.78. The SMILES string of the molecule is Cc1cc(C)n(CCCC(=O)Nc2ccc(C#N)cc2)n1. The molecule has 0 saturated heterocycles. The van der Waals surface area contributed by atoms with Gasteiger partial charge in [-0.25, -0.2) is 0 Å². The summed E-state index contributed by atoms with van der Waals surface area (Å²) < 4.78 is 1.92. The third kappa shape index (κ3) is 4.18. The minimum atomic E-state index is -0.0266. The molecule has 0 aliphatic heterocycles. The Hall–Kier alpha value is -2.61. The average molecular weight is 282 g/mol. The fraction of sp³-hybridized carbons (Fsp3) is 0.312. The van der Waals surface area contributed by atoms with Crippen molar-refractivity contribution in [3.63, 3.8) is 0 Å². The van der Waals surface area contributed by atoms with Gasteiger partial charge < -0.3 is 5.32 Å². The van der Waals surface area contributed by atoms with Gasteiger partial charge in [-0.05, 0) is 50.6 Å². The number of rotatable bonds is 5. The van der Waals surface area contributed by atoms with Crippen molar-refractivity contribution in [1.29, 1.82) is 5.26 Å². The van der Waals surface area contributed by atoms with Gasteiger partial charge in [0.1, 0.15) is 0 Å². The van der Waals surface area contributed by atoms with E-state index >= 15 is 0 Å². The molecule has 0 aliphatic rings. The highest BCUT2D eigenvalue weighted by Crippen LogP contribution is 2.10. The third-order valence-electron chi connectivity index (χ3n) is 3.17. The van der Waals surface area contributed by atoms with Crippen molar-refractivity contribution < 1.29 is 4.79 Å². The second-order valence-electron chi connectivity index (χ2n) is 4.99. The van der Waals surface area contributed by atoms with Crippen molar-refractivity contribution in [2.75, 3.05) is 5.32 Å². The smallest absolute Gasteiger partial charge is 0.224 e. The number of carbonyl (C=O) groups excluding carboxylic acids is 1. The molecule has 108 valence electrons. The Morgan fingerprint density at radius 1 is 1.33 bits per heavy atom. The third-order valence-corrected chi connectivity index (χ3v) is 3.17. The van der Waals surface area contributed by atoms with E-state index in [-0.39, 0.29) is 5.91 Å². The molecule has 1 aromatic carbocycles. The van der Waals surface area contributed by atoms with Crippen LogP contribution in [-0.4, -0.2) is 15.7 Å². The molecule has 1 amide bonds. The minimum absolute atomic E-state index is 0.0266. The number of hydrogen-bond acceptors (Lipinski definition) is 3. The van der Waals surface area contributed by atoms with E-state index in [2.05, 4.69) is 10.4 Å². The van der Waals surface area contributed by atoms with Crippen LogP contribution in [0.25, 0.3) is 0 Å². The molecule has 0 atom stereocenters. The molecule has 0 spiro atoms. The van der Waals surface area contributed by atoms with Crippen molar-refractivity contribution in [1.82, 2.24) is 9.78 Å². The van der Waals surface area contributed by atoms with Crippen LogP contribution in [0.15, 0.2) is 30.3 Å². The van der Waals surface area contributed by atoms with E-state index in [9.17, 15) is 4.79 Å². The Bertz CT molecular complexity index is 665. The number of nitrogens with zero attached hydrogens (tertiary/aromatic N) is 3. The van der Waals surface area contributed by atoms with Crippen LogP contribution in [0.1, 0.15) is 29.8 Å². The van der Waals surface area contributed by atoms with E-state index in [1.165, 1.54) is 0 Å². The number of nitriles is 1. The van der Waals surface area contributed by atoms with E-state index in [4.69, 9.17) is 5.26 Å². The van der Waals surface area contributed by atoms with E-state index in [0.717, 1.165) is 24.4 Å². The molecular weight excluding hydrogens is 264 g/mol. The summed E-state index contributed by atoms with van der Waals surface area (Å²) in [6.07, 6.45) is 1.18. The van der Waals surface area contributed by atoms with Gasteiger partial charge in [0.05, 0.1) is 17.3 Å². The number of nitrogens with one attached hydrogen (secondary N) is 1. The molecular formula is C16H18N4O. The number of carbonyl (C=O) groups is 1. The summed E-state index contributed by atoms with van der Waals surface area (Å²) in [5.41, 5.74) is 3.40. The lowest BCUT2D eigenvalue weighted by Crippen LogP contribution is -2.13. The molecule has 0 fully saturated rings. The molecule has 0 aliphatic carbocycles. The van der Waals surface area contributed by atoms with Crippen LogP contribution in [-0.2, 0) is 11.3 Å². The van der Waals surface area contributed by atoms with Gasteiger partial charge in [-0.15, -0.1) is 0 Å². The zero-order valence-corrected chi connectivity index (χ0v) is 12.3. The summed E-state index contributed by atoms with van der Waals surface area (Å²) in [5.74, 6) is -0.0266. The van der Waals surface area contributed by atoms with Gasteiger partial charge in [-0.2, -0.15) is 10.4 Å². The molecule has 0 unspecified atom stereocenters. The normalized spacial score (nSPS) is 10.1. The monoisotopic (exact) mass is 282 g/mol. The largest absolute Gasteiger partial charge is 0.326 e. The Kier molecular flexibility index (Phi) is 4.72. The van der Waals surface area contributed by atoms with Gasteiger partial charge in [-0.1, -0.05) is 0 Å². The number of aromatic nitrogens is 2. The summed E-state index contributed by atoms with van der Waals surface area (Å²) in [6, 6.07) is 10.9. The summed E-state index contributed by atoms with van der Waals surface area (Å²) in [7, 11) is 0. The number of hydrogen-bond donors (Lipinski definition) is 1. The number of anilines is 1. The summed E-state index contributed by atoms with van der Waals surface area (Å²) in [5, 5.41) is 15.9. The van der Waals surface area contributed by atoms with Crippen LogP contribution in [0.5, 0.6) is 0 Å². The maximum atomic E-state index is 11.8. The summed E-state index contributed by atoms with van der Waals surface area (Å²) >= 11 is 0. The lowest BCUT2D eigenvalue weighted by atomic mass is 10.2. The van der Waals surface area contributed by atoms with Crippen LogP contribution in [0, 0.1) is 25.2 Å². The molecule has 21 heavy (non-hydrogen) atoms. The molecule has 0 radical (unpaired) electrons. The first-order valence-corrected chi connectivity index (χ1v) is 6.89. The first-order valence-electron chi connectivity index (χ1n) is 6.89. The molecule has 5 heteroatoms. The van der Waals surface area contributed by atoms with Crippen molar-refractivity contribution in [3.8, 4) is 6.07 Å². The Morgan fingerprint density at radius 2 is 2.05 bits per heavy atom. The van der Waals surface area contributed by atoms with Gasteiger partial charge >= 0.3 is 0 Å². The van der Waals surface area contributed by atoms with Crippen molar-refractivity contribution in [2.45, 2.75) is 33.2 Å². The van der Waals surface area contributed by atoms with Crippen LogP contribution in [0.4, 0.5) is 5.69 Å². The van der Waals surface area contributed by atoms with Crippen LogP contribution < -0.4 is 5.32 Å². The Labute approximate surface area is 124 Å². The molecule has 1 aromatic heterocycles. The first kappa shape index (κ1) is 14.8. The summed E-state index contributed by atoms with van der Waals surface area (Å²) in [4.78, 5) is 11.8. The molecule has 0 saturated carbocycles. The number of amides is 1. The molecule has 1 heterocycles. The van der Waals surface area contributed by atoms with Gasteiger partial charge in [-0.3, -0.25) is 9.48 Å². The molecule has 2 aromatic rings. The van der Waals surface area contributed by atoms with E-state index < -0.39 is 0 Å². The molecule has 2 rings (SSSR count). The van der Waals surface area contributed by atoms with E-state index in [0.29, 0.717) is 17.7 Å². The molecule has 5 nitrogen and oxygen atoms in total. The van der Waals surface area contributed by atoms with E-state index in [1.54, 1.807) is 24.3 Å². The summed E-state index contributed by atoms with van der Waals surface area (Å²) in [6.45, 7) is 4.71. The van der Waals surface area contributed by atoms with Crippen molar-refractivity contribution >= 4 is 11.6 Å². The maximum Gasteiger partial charge on any atom is 0.224 e. The quantitative estimate of drug-likeness (QED) is 0.916. The second-order valence-corrected chi connectivity index (χ2v) is 4.99. The predicted molar refractivity (Wildman–Crippen MR) is 80.7 cm³/mol. The lowest BCUT2D eigenvalue weighted by Gasteiger charge is -2.06. The van der Waals surface area contributed by atoms with Crippen molar-refractivity contribution in [2.24, 2.45) is 0 Å². The van der Waals surface area contributed by atoms with Gasteiger partial charge in [0, 0.05) is 24.3 Å². The van der Waals surface area contributed by atoms with Gasteiger partial charge in [0.25, 0.3) is 0 Å². The lowest BCUT2D eigenvalue weighted by molar-refractivity contribution is -0.116. The molecule has 0 bridgehead atoms.